The molecule has 0 fully saturated rings. The van der Waals surface area contributed by atoms with E-state index in [-0.39, 0.29) is 6.42 Å². The molecule has 15 heavy (non-hydrogen) atoms. The van der Waals surface area contributed by atoms with Gasteiger partial charge < -0.3 is 10.8 Å². The number of aliphatic carboxylic acids is 1. The van der Waals surface area contributed by atoms with Crippen LogP contribution in [0.2, 0.25) is 5.02 Å². The highest BCUT2D eigenvalue weighted by Crippen LogP contribution is 2.23. The quantitative estimate of drug-likeness (QED) is 0.830. The minimum Gasteiger partial charge on any atom is -0.481 e. The van der Waals surface area contributed by atoms with Crippen molar-refractivity contribution in [3.63, 3.8) is 0 Å². The Bertz CT molecular complexity index is 366. The fourth-order valence-electron chi connectivity index (χ4n) is 1.53. The molecule has 1 aromatic carbocycles. The number of aryl methyl sites for hydroxylation is 1. The van der Waals surface area contributed by atoms with Gasteiger partial charge in [-0.25, -0.2) is 0 Å². The molecule has 0 saturated carbocycles. The van der Waals surface area contributed by atoms with Gasteiger partial charge in [-0.1, -0.05) is 24.6 Å². The zero-order valence-corrected chi connectivity index (χ0v) is 9.29. The van der Waals surface area contributed by atoms with Crippen molar-refractivity contribution < 1.29 is 9.90 Å². The highest BCUT2D eigenvalue weighted by Gasteiger charge is 2.14. The summed E-state index contributed by atoms with van der Waals surface area (Å²) < 4.78 is 0. The van der Waals surface area contributed by atoms with E-state index in [0.717, 1.165) is 17.5 Å². The Morgan fingerprint density at radius 2 is 2.27 bits per heavy atom. The lowest BCUT2D eigenvalue weighted by atomic mass is 9.97. The maximum Gasteiger partial charge on any atom is 0.305 e. The van der Waals surface area contributed by atoms with E-state index in [1.165, 1.54) is 0 Å². The summed E-state index contributed by atoms with van der Waals surface area (Å²) in [5.74, 6) is -0.899. The topological polar surface area (TPSA) is 63.3 Å². The van der Waals surface area contributed by atoms with E-state index in [2.05, 4.69) is 0 Å². The number of carbonyl (C=O) groups is 1. The van der Waals surface area contributed by atoms with Gasteiger partial charge >= 0.3 is 5.97 Å². The first-order chi connectivity index (χ1) is 7.04. The molecule has 0 bridgehead atoms. The van der Waals surface area contributed by atoms with Gasteiger partial charge in [-0.15, -0.1) is 0 Å². The van der Waals surface area contributed by atoms with E-state index < -0.39 is 12.0 Å². The normalized spacial score (nSPS) is 12.5. The van der Waals surface area contributed by atoms with Gasteiger partial charge in [0.1, 0.15) is 0 Å². The van der Waals surface area contributed by atoms with Crippen LogP contribution in [0.25, 0.3) is 0 Å². The van der Waals surface area contributed by atoms with E-state index in [1.54, 1.807) is 12.1 Å². The Morgan fingerprint density at radius 1 is 1.60 bits per heavy atom. The molecule has 0 aliphatic rings. The number of carboxylic acids is 1. The highest BCUT2D eigenvalue weighted by molar-refractivity contribution is 6.30. The molecular formula is C11H14ClNO2. The molecule has 1 atom stereocenters. The number of halogens is 1. The van der Waals surface area contributed by atoms with Crippen molar-refractivity contribution >= 4 is 17.6 Å². The van der Waals surface area contributed by atoms with Crippen LogP contribution in [0.4, 0.5) is 0 Å². The van der Waals surface area contributed by atoms with Crippen molar-refractivity contribution in [1.82, 2.24) is 0 Å². The second-order valence-electron chi connectivity index (χ2n) is 3.40. The third-order valence-corrected chi connectivity index (χ3v) is 2.52. The fraction of sp³-hybridized carbons (Fsp3) is 0.364. The summed E-state index contributed by atoms with van der Waals surface area (Å²) in [4.78, 5) is 10.6. The smallest absolute Gasteiger partial charge is 0.305 e. The van der Waals surface area contributed by atoms with Crippen LogP contribution in [0.5, 0.6) is 0 Å². The van der Waals surface area contributed by atoms with Gasteiger partial charge in [0.25, 0.3) is 0 Å². The third-order valence-electron chi connectivity index (χ3n) is 2.28. The first kappa shape index (κ1) is 12.0. The molecule has 0 aromatic heterocycles. The van der Waals surface area contributed by atoms with Crippen LogP contribution in [-0.2, 0) is 11.2 Å². The lowest BCUT2D eigenvalue weighted by Crippen LogP contribution is -2.16. The summed E-state index contributed by atoms with van der Waals surface area (Å²) >= 11 is 5.85. The standard InChI is InChI=1S/C11H14ClNO2/c1-2-7-3-4-8(12)5-9(7)10(13)6-11(14)15/h3-5,10H,2,6,13H2,1H3,(H,14,15). The summed E-state index contributed by atoms with van der Waals surface area (Å²) in [6.07, 6.45) is 0.743. The molecule has 0 aliphatic heterocycles. The number of hydrogen-bond donors (Lipinski definition) is 2. The first-order valence-electron chi connectivity index (χ1n) is 4.80. The largest absolute Gasteiger partial charge is 0.481 e. The van der Waals surface area contributed by atoms with Crippen LogP contribution in [0, 0.1) is 0 Å². The Hall–Kier alpha value is -1.06. The van der Waals surface area contributed by atoms with Crippen molar-refractivity contribution in [3.8, 4) is 0 Å². The number of benzene rings is 1. The van der Waals surface area contributed by atoms with Crippen LogP contribution in [0.15, 0.2) is 18.2 Å². The minimum absolute atomic E-state index is 0.0760. The van der Waals surface area contributed by atoms with Gasteiger partial charge in [-0.2, -0.15) is 0 Å². The predicted molar refractivity (Wildman–Crippen MR) is 60.0 cm³/mol. The summed E-state index contributed by atoms with van der Waals surface area (Å²) in [7, 11) is 0. The lowest BCUT2D eigenvalue weighted by Gasteiger charge is -2.14. The summed E-state index contributed by atoms with van der Waals surface area (Å²) in [6.45, 7) is 2.00. The number of nitrogens with two attached hydrogens (primary N) is 1. The number of hydrogen-bond acceptors (Lipinski definition) is 2. The highest BCUT2D eigenvalue weighted by atomic mass is 35.5. The van der Waals surface area contributed by atoms with Gasteiger partial charge in [0.05, 0.1) is 6.42 Å². The Kier molecular flexibility index (Phi) is 4.12. The van der Waals surface area contributed by atoms with E-state index in [4.69, 9.17) is 22.4 Å². The second kappa shape index (κ2) is 5.14. The Balaban J connectivity index is 2.99. The van der Waals surface area contributed by atoms with Crippen molar-refractivity contribution in [2.75, 3.05) is 0 Å². The molecule has 0 aliphatic carbocycles. The second-order valence-corrected chi connectivity index (χ2v) is 3.84. The zero-order valence-electron chi connectivity index (χ0n) is 8.53. The molecule has 1 unspecified atom stereocenters. The van der Waals surface area contributed by atoms with Crippen LogP contribution in [-0.4, -0.2) is 11.1 Å². The monoisotopic (exact) mass is 227 g/mol. The molecule has 1 rings (SSSR count). The van der Waals surface area contributed by atoms with Crippen LogP contribution in [0.1, 0.15) is 30.5 Å². The molecule has 0 heterocycles. The number of rotatable bonds is 4. The zero-order chi connectivity index (χ0) is 11.4. The maximum atomic E-state index is 10.6. The predicted octanol–water partition coefficient (Wildman–Crippen LogP) is 2.38. The Labute approximate surface area is 93.9 Å². The van der Waals surface area contributed by atoms with Crippen LogP contribution in [0.3, 0.4) is 0 Å². The van der Waals surface area contributed by atoms with Crippen molar-refractivity contribution in [2.45, 2.75) is 25.8 Å². The molecule has 0 amide bonds. The van der Waals surface area contributed by atoms with E-state index in [1.807, 2.05) is 13.0 Å². The van der Waals surface area contributed by atoms with Crippen molar-refractivity contribution in [2.24, 2.45) is 5.73 Å². The Morgan fingerprint density at radius 3 is 2.80 bits per heavy atom. The van der Waals surface area contributed by atoms with Gasteiger partial charge in [-0.3, -0.25) is 4.79 Å². The molecule has 1 aromatic rings. The minimum atomic E-state index is -0.899. The molecular weight excluding hydrogens is 214 g/mol. The van der Waals surface area contributed by atoms with Crippen LogP contribution < -0.4 is 5.73 Å². The first-order valence-corrected chi connectivity index (χ1v) is 5.18. The van der Waals surface area contributed by atoms with Crippen LogP contribution >= 0.6 is 11.6 Å². The third kappa shape index (κ3) is 3.22. The lowest BCUT2D eigenvalue weighted by molar-refractivity contribution is -0.137. The van der Waals surface area contributed by atoms with Crippen molar-refractivity contribution in [1.29, 1.82) is 0 Å². The molecule has 4 heteroatoms. The summed E-state index contributed by atoms with van der Waals surface area (Å²) in [5.41, 5.74) is 7.68. The molecule has 3 N–H and O–H groups in total. The number of carboxylic acid groups (broad SMARTS) is 1. The van der Waals surface area contributed by atoms with Crippen molar-refractivity contribution in [3.05, 3.63) is 34.3 Å². The van der Waals surface area contributed by atoms with Gasteiger partial charge in [0.2, 0.25) is 0 Å². The molecule has 82 valence electrons. The SMILES string of the molecule is CCc1ccc(Cl)cc1C(N)CC(=O)O. The van der Waals surface area contributed by atoms with E-state index in [9.17, 15) is 4.79 Å². The average Bonchev–Trinajstić information content (AvgIpc) is 2.16. The molecule has 0 radical (unpaired) electrons. The van der Waals surface area contributed by atoms with E-state index >= 15 is 0 Å². The summed E-state index contributed by atoms with van der Waals surface area (Å²) in [6, 6.07) is 4.93. The average molecular weight is 228 g/mol. The maximum absolute atomic E-state index is 10.6. The van der Waals surface area contributed by atoms with Gasteiger partial charge in [0.15, 0.2) is 0 Å². The summed E-state index contributed by atoms with van der Waals surface area (Å²) in [5, 5.41) is 9.25. The fourth-order valence-corrected chi connectivity index (χ4v) is 1.71. The molecule has 3 nitrogen and oxygen atoms in total. The molecule has 0 spiro atoms. The molecule has 0 saturated heterocycles. The van der Waals surface area contributed by atoms with Gasteiger partial charge in [-0.05, 0) is 29.7 Å². The van der Waals surface area contributed by atoms with E-state index in [0.29, 0.717) is 5.02 Å². The van der Waals surface area contributed by atoms with Gasteiger partial charge in [0, 0.05) is 11.1 Å².